The van der Waals surface area contributed by atoms with Gasteiger partial charge in [0.15, 0.2) is 5.76 Å². The van der Waals surface area contributed by atoms with E-state index in [2.05, 4.69) is 13.2 Å². The van der Waals surface area contributed by atoms with E-state index < -0.39 is 5.76 Å². The molecule has 3 heteroatoms. The van der Waals surface area contributed by atoms with Gasteiger partial charge in [-0.2, -0.15) is 0 Å². The van der Waals surface area contributed by atoms with E-state index in [-0.39, 0.29) is 0 Å². The Kier molecular flexibility index (Phi) is 4.59. The highest BCUT2D eigenvalue weighted by Crippen LogP contribution is 2.07. The largest absolute Gasteiger partial charge is 0.419 e. The van der Waals surface area contributed by atoms with Gasteiger partial charge < -0.3 is 4.42 Å². The number of rotatable bonds is 2. The lowest BCUT2D eigenvalue weighted by atomic mass is 10.3. The van der Waals surface area contributed by atoms with Crippen LogP contribution in [-0.2, 0) is 7.05 Å². The average Bonchev–Trinajstić information content (AvgIpc) is 2.46. The minimum absolute atomic E-state index is 0.394. The van der Waals surface area contributed by atoms with Gasteiger partial charge in [0.25, 0.3) is 0 Å². The summed E-state index contributed by atoms with van der Waals surface area (Å²) >= 11 is 0. The van der Waals surface area contributed by atoms with Gasteiger partial charge in [0.05, 0.1) is 5.69 Å². The van der Waals surface area contributed by atoms with E-state index in [4.69, 9.17) is 4.42 Å². The zero-order valence-electron chi connectivity index (χ0n) is 8.33. The highest BCUT2D eigenvalue weighted by Gasteiger charge is 2.06. The van der Waals surface area contributed by atoms with Crippen molar-refractivity contribution in [2.24, 2.45) is 7.05 Å². The van der Waals surface area contributed by atoms with Gasteiger partial charge >= 0.3 is 5.76 Å². The molecule has 1 aromatic heterocycles. The molecule has 0 saturated heterocycles. The van der Waals surface area contributed by atoms with Crippen molar-refractivity contribution in [2.75, 3.05) is 0 Å². The van der Waals surface area contributed by atoms with Crippen LogP contribution in [0.15, 0.2) is 22.4 Å². The van der Waals surface area contributed by atoms with Crippen molar-refractivity contribution in [3.63, 3.8) is 0 Å². The first-order chi connectivity index (χ1) is 6.20. The molecule has 3 nitrogen and oxygen atoms in total. The minimum Gasteiger partial charge on any atom is -0.408 e. The normalized spacial score (nSPS) is 8.54. The smallest absolute Gasteiger partial charge is 0.408 e. The minimum atomic E-state index is -0.394. The Morgan fingerprint density at radius 1 is 1.31 bits per heavy atom. The van der Waals surface area contributed by atoms with Gasteiger partial charge in [0.1, 0.15) is 0 Å². The summed E-state index contributed by atoms with van der Waals surface area (Å²) in [6.07, 6.45) is 3.04. The van der Waals surface area contributed by atoms with E-state index in [1.54, 1.807) is 13.1 Å². The molecule has 0 saturated carbocycles. The molecule has 0 unspecified atom stereocenters. The molecule has 0 radical (unpaired) electrons. The van der Waals surface area contributed by atoms with E-state index in [0.29, 0.717) is 11.5 Å². The number of aromatic nitrogens is 1. The summed E-state index contributed by atoms with van der Waals surface area (Å²) in [5, 5.41) is 0. The third kappa shape index (κ3) is 2.21. The molecule has 0 aliphatic heterocycles. The van der Waals surface area contributed by atoms with Crippen molar-refractivity contribution < 1.29 is 4.42 Å². The molecule has 72 valence electrons. The van der Waals surface area contributed by atoms with E-state index in [1.165, 1.54) is 10.6 Å². The predicted octanol–water partition coefficient (Wildman–Crippen LogP) is 2.29. The van der Waals surface area contributed by atoms with Gasteiger partial charge in [0.2, 0.25) is 0 Å². The summed E-state index contributed by atoms with van der Waals surface area (Å²) < 4.78 is 6.18. The van der Waals surface area contributed by atoms with Crippen molar-refractivity contribution in [3.8, 4) is 0 Å². The zero-order valence-corrected chi connectivity index (χ0v) is 8.33. The number of hydrogen-bond acceptors (Lipinski definition) is 2. The molecule has 0 spiro atoms. The quantitative estimate of drug-likeness (QED) is 0.701. The van der Waals surface area contributed by atoms with Crippen molar-refractivity contribution in [1.82, 2.24) is 4.57 Å². The van der Waals surface area contributed by atoms with Gasteiger partial charge in [-0.3, -0.25) is 4.57 Å². The third-order valence-corrected chi connectivity index (χ3v) is 1.46. The average molecular weight is 181 g/mol. The molecule has 1 heterocycles. The summed E-state index contributed by atoms with van der Waals surface area (Å²) in [5.74, 6) is 0.0716. The number of nitrogens with zero attached hydrogens (tertiary/aromatic N) is 1. The molecule has 1 aromatic rings. The van der Waals surface area contributed by atoms with Crippen LogP contribution in [0.2, 0.25) is 0 Å². The fourth-order valence-electron chi connectivity index (χ4n) is 0.862. The summed E-state index contributed by atoms with van der Waals surface area (Å²) in [6, 6.07) is 0. The van der Waals surface area contributed by atoms with Crippen molar-refractivity contribution in [3.05, 3.63) is 35.2 Å². The van der Waals surface area contributed by atoms with Gasteiger partial charge in [-0.1, -0.05) is 27.0 Å². The van der Waals surface area contributed by atoms with Crippen molar-refractivity contribution >= 4 is 12.2 Å². The Bertz CT molecular complexity index is 344. The highest BCUT2D eigenvalue weighted by atomic mass is 16.4. The van der Waals surface area contributed by atoms with Crippen LogP contribution in [0, 0.1) is 0 Å². The molecular weight excluding hydrogens is 166 g/mol. The first kappa shape index (κ1) is 11.5. The van der Waals surface area contributed by atoms with Crippen molar-refractivity contribution in [1.29, 1.82) is 0 Å². The van der Waals surface area contributed by atoms with Crippen LogP contribution >= 0.6 is 0 Å². The molecule has 0 N–H and O–H groups in total. The lowest BCUT2D eigenvalue weighted by Crippen LogP contribution is -2.09. The van der Waals surface area contributed by atoms with Crippen LogP contribution in [-0.4, -0.2) is 4.57 Å². The van der Waals surface area contributed by atoms with Crippen LogP contribution in [0.25, 0.3) is 12.2 Å². The van der Waals surface area contributed by atoms with Gasteiger partial charge in [-0.15, -0.1) is 0 Å². The maximum atomic E-state index is 10.9. The van der Waals surface area contributed by atoms with Crippen LogP contribution in [0.1, 0.15) is 25.3 Å². The monoisotopic (exact) mass is 181 g/mol. The van der Waals surface area contributed by atoms with Gasteiger partial charge in [0, 0.05) is 7.05 Å². The molecule has 0 bridgehead atoms. The maximum Gasteiger partial charge on any atom is 0.419 e. The Hall–Kier alpha value is -1.51. The number of hydrogen-bond donors (Lipinski definition) is 0. The second-order valence-electron chi connectivity index (χ2n) is 2.08. The van der Waals surface area contributed by atoms with Gasteiger partial charge in [-0.05, 0) is 12.2 Å². The summed E-state index contributed by atoms with van der Waals surface area (Å²) in [6.45, 7) is 11.0. The first-order valence-corrected chi connectivity index (χ1v) is 4.15. The van der Waals surface area contributed by atoms with Crippen LogP contribution < -0.4 is 5.76 Å². The predicted molar refractivity (Wildman–Crippen MR) is 55.5 cm³/mol. The van der Waals surface area contributed by atoms with Crippen LogP contribution in [0.3, 0.4) is 0 Å². The fourth-order valence-corrected chi connectivity index (χ4v) is 0.862. The maximum absolute atomic E-state index is 10.9. The Labute approximate surface area is 78.0 Å². The van der Waals surface area contributed by atoms with E-state index in [1.807, 2.05) is 13.8 Å². The summed E-state index contributed by atoms with van der Waals surface area (Å²) in [4.78, 5) is 10.9. The number of oxazole rings is 1. The zero-order chi connectivity index (χ0) is 10.4. The second kappa shape index (κ2) is 5.19. The lowest BCUT2D eigenvalue weighted by molar-refractivity contribution is 0.488. The van der Waals surface area contributed by atoms with Gasteiger partial charge in [-0.25, -0.2) is 4.79 Å². The van der Waals surface area contributed by atoms with E-state index in [0.717, 1.165) is 0 Å². The van der Waals surface area contributed by atoms with Crippen LogP contribution in [0.5, 0.6) is 0 Å². The third-order valence-electron chi connectivity index (χ3n) is 1.46. The molecule has 1 rings (SSSR count). The molecule has 0 aliphatic rings. The van der Waals surface area contributed by atoms with E-state index in [9.17, 15) is 4.79 Å². The topological polar surface area (TPSA) is 35.1 Å². The molecule has 0 amide bonds. The van der Waals surface area contributed by atoms with Crippen molar-refractivity contribution in [2.45, 2.75) is 13.8 Å². The summed E-state index contributed by atoms with van der Waals surface area (Å²) in [7, 11) is 1.62. The molecule has 0 aliphatic carbocycles. The summed E-state index contributed by atoms with van der Waals surface area (Å²) in [5.41, 5.74) is 0.657. The lowest BCUT2D eigenvalue weighted by Gasteiger charge is -1.90. The fraction of sp³-hybridized carbons (Fsp3) is 0.300. The molecule has 0 aromatic carbocycles. The van der Waals surface area contributed by atoms with E-state index >= 15 is 0 Å². The van der Waals surface area contributed by atoms with Crippen LogP contribution in [0.4, 0.5) is 0 Å². The SMILES string of the molecule is C=Cc1oc(=O)n(C)c1C=C.CC. The Morgan fingerprint density at radius 3 is 2.15 bits per heavy atom. The molecule has 0 atom stereocenters. The molecular formula is C10H15NO2. The molecule has 0 fully saturated rings. The highest BCUT2D eigenvalue weighted by molar-refractivity contribution is 5.55. The standard InChI is InChI=1S/C8H9NO2.C2H6/c1-4-6-7(5-2)11-8(10)9(6)3;1-2/h4-5H,1-2H2,3H3;1-2H3. The second-order valence-corrected chi connectivity index (χ2v) is 2.08. The Balaban J connectivity index is 0.000000671. The first-order valence-electron chi connectivity index (χ1n) is 4.15. The Morgan fingerprint density at radius 2 is 1.85 bits per heavy atom. The molecule has 13 heavy (non-hydrogen) atoms.